The van der Waals surface area contributed by atoms with Gasteiger partial charge in [-0.3, -0.25) is 4.98 Å². The van der Waals surface area contributed by atoms with Crippen LogP contribution in [0.3, 0.4) is 0 Å². The van der Waals surface area contributed by atoms with Gasteiger partial charge < -0.3 is 10.2 Å². The van der Waals surface area contributed by atoms with Crippen molar-refractivity contribution < 1.29 is 10.2 Å². The fraction of sp³-hybridized carbons (Fsp3) is 0.615. The van der Waals surface area contributed by atoms with Gasteiger partial charge in [-0.2, -0.15) is 0 Å². The number of rotatable bonds is 6. The van der Waals surface area contributed by atoms with Crippen molar-refractivity contribution in [2.45, 2.75) is 26.7 Å². The summed E-state index contributed by atoms with van der Waals surface area (Å²) in [7, 11) is 0. The summed E-state index contributed by atoms with van der Waals surface area (Å²) in [4.78, 5) is 4.11. The van der Waals surface area contributed by atoms with Crippen molar-refractivity contribution >= 4 is 15.9 Å². The van der Waals surface area contributed by atoms with Crippen LogP contribution in [-0.4, -0.2) is 28.4 Å². The van der Waals surface area contributed by atoms with Crippen LogP contribution < -0.4 is 0 Å². The molecule has 1 rings (SSSR count). The van der Waals surface area contributed by atoms with Crippen LogP contribution in [0.4, 0.5) is 0 Å². The Bertz CT molecular complexity index is 351. The zero-order valence-corrected chi connectivity index (χ0v) is 11.9. The van der Waals surface area contributed by atoms with E-state index in [1.807, 2.05) is 6.07 Å². The van der Waals surface area contributed by atoms with Gasteiger partial charge in [0, 0.05) is 22.3 Å². The van der Waals surface area contributed by atoms with Crippen LogP contribution in [-0.2, 0) is 6.42 Å². The third kappa shape index (κ3) is 4.37. The van der Waals surface area contributed by atoms with E-state index in [2.05, 4.69) is 34.8 Å². The molecule has 0 unspecified atom stereocenters. The van der Waals surface area contributed by atoms with Crippen molar-refractivity contribution in [2.75, 3.05) is 13.2 Å². The number of halogens is 1. The van der Waals surface area contributed by atoms with Crippen molar-refractivity contribution in [2.24, 2.45) is 11.3 Å². The maximum absolute atomic E-state index is 9.56. The average molecular weight is 302 g/mol. The number of aliphatic hydroxyl groups is 2. The van der Waals surface area contributed by atoms with Gasteiger partial charge in [0.05, 0.1) is 13.2 Å². The van der Waals surface area contributed by atoms with Gasteiger partial charge in [0.25, 0.3) is 0 Å². The second kappa shape index (κ2) is 6.47. The average Bonchev–Trinajstić information content (AvgIpc) is 2.27. The van der Waals surface area contributed by atoms with Gasteiger partial charge in [0.15, 0.2) is 0 Å². The summed E-state index contributed by atoms with van der Waals surface area (Å²) in [6, 6.07) is 1.98. The van der Waals surface area contributed by atoms with Crippen LogP contribution in [0.15, 0.2) is 22.9 Å². The van der Waals surface area contributed by atoms with Crippen LogP contribution in [0.25, 0.3) is 0 Å². The smallest absolute Gasteiger partial charge is 0.0512 e. The molecule has 4 heteroatoms. The SMILES string of the molecule is CC(C)CC(CO)(CO)Cc1cncc(Br)c1. The van der Waals surface area contributed by atoms with Crippen LogP contribution in [0.1, 0.15) is 25.8 Å². The van der Waals surface area contributed by atoms with E-state index in [1.54, 1.807) is 12.4 Å². The second-order valence-electron chi connectivity index (χ2n) is 5.10. The summed E-state index contributed by atoms with van der Waals surface area (Å²) < 4.78 is 0.921. The summed E-state index contributed by atoms with van der Waals surface area (Å²) in [5, 5.41) is 19.1. The van der Waals surface area contributed by atoms with Gasteiger partial charge >= 0.3 is 0 Å². The fourth-order valence-electron chi connectivity index (χ4n) is 2.21. The molecule has 1 heterocycles. The van der Waals surface area contributed by atoms with E-state index in [-0.39, 0.29) is 13.2 Å². The lowest BCUT2D eigenvalue weighted by molar-refractivity contribution is 0.0369. The summed E-state index contributed by atoms with van der Waals surface area (Å²) in [5.74, 6) is 0.439. The lowest BCUT2D eigenvalue weighted by atomic mass is 9.77. The zero-order valence-electron chi connectivity index (χ0n) is 10.4. The van der Waals surface area contributed by atoms with Gasteiger partial charge in [0.2, 0.25) is 0 Å². The van der Waals surface area contributed by atoms with Crippen molar-refractivity contribution in [3.8, 4) is 0 Å². The van der Waals surface area contributed by atoms with Crippen LogP contribution in [0, 0.1) is 11.3 Å². The summed E-state index contributed by atoms with van der Waals surface area (Å²) >= 11 is 3.38. The quantitative estimate of drug-likeness (QED) is 0.848. The largest absolute Gasteiger partial charge is 0.396 e. The molecule has 0 saturated carbocycles. The minimum Gasteiger partial charge on any atom is -0.396 e. The molecular weight excluding hydrogens is 282 g/mol. The van der Waals surface area contributed by atoms with E-state index in [0.717, 1.165) is 16.5 Å². The Labute approximate surface area is 111 Å². The number of hydrogen-bond donors (Lipinski definition) is 2. The molecule has 0 aliphatic heterocycles. The van der Waals surface area contributed by atoms with Gasteiger partial charge in [-0.15, -0.1) is 0 Å². The number of pyridine rings is 1. The molecule has 1 aromatic rings. The van der Waals surface area contributed by atoms with E-state index in [9.17, 15) is 10.2 Å². The predicted molar refractivity (Wildman–Crippen MR) is 71.7 cm³/mol. The molecule has 0 aromatic carbocycles. The molecule has 3 nitrogen and oxygen atoms in total. The van der Waals surface area contributed by atoms with Crippen molar-refractivity contribution in [3.63, 3.8) is 0 Å². The molecule has 1 aromatic heterocycles. The first-order valence-electron chi connectivity index (χ1n) is 5.82. The van der Waals surface area contributed by atoms with Crippen LogP contribution >= 0.6 is 15.9 Å². The van der Waals surface area contributed by atoms with Crippen molar-refractivity contribution in [1.29, 1.82) is 0 Å². The third-order valence-corrected chi connectivity index (χ3v) is 3.29. The zero-order chi connectivity index (χ0) is 12.9. The van der Waals surface area contributed by atoms with Gasteiger partial charge in [-0.1, -0.05) is 13.8 Å². The Morgan fingerprint density at radius 1 is 1.29 bits per heavy atom. The topological polar surface area (TPSA) is 53.4 Å². The molecule has 0 amide bonds. The molecule has 0 atom stereocenters. The van der Waals surface area contributed by atoms with E-state index < -0.39 is 5.41 Å². The monoisotopic (exact) mass is 301 g/mol. The van der Waals surface area contributed by atoms with Crippen LogP contribution in [0.2, 0.25) is 0 Å². The molecule has 0 aliphatic carbocycles. The molecule has 0 saturated heterocycles. The first kappa shape index (κ1) is 14.6. The maximum Gasteiger partial charge on any atom is 0.0512 e. The molecule has 96 valence electrons. The number of hydrogen-bond acceptors (Lipinski definition) is 3. The number of nitrogens with zero attached hydrogens (tertiary/aromatic N) is 1. The molecule has 0 fully saturated rings. The molecule has 17 heavy (non-hydrogen) atoms. The Morgan fingerprint density at radius 3 is 2.41 bits per heavy atom. The second-order valence-corrected chi connectivity index (χ2v) is 6.02. The highest BCUT2D eigenvalue weighted by molar-refractivity contribution is 9.10. The van der Waals surface area contributed by atoms with E-state index in [1.165, 1.54) is 0 Å². The van der Waals surface area contributed by atoms with Crippen molar-refractivity contribution in [1.82, 2.24) is 4.98 Å². The van der Waals surface area contributed by atoms with Gasteiger partial charge in [-0.25, -0.2) is 0 Å². The normalized spacial score (nSPS) is 12.1. The summed E-state index contributed by atoms with van der Waals surface area (Å²) in [5.41, 5.74) is 0.583. The standard InChI is InChI=1S/C13H20BrNO2/c1-10(2)4-13(8-16,9-17)5-11-3-12(14)7-15-6-11/h3,6-7,10,16-17H,4-5,8-9H2,1-2H3. The Balaban J connectivity index is 2.85. The third-order valence-electron chi connectivity index (χ3n) is 2.85. The van der Waals surface area contributed by atoms with Crippen molar-refractivity contribution in [3.05, 3.63) is 28.5 Å². The lowest BCUT2D eigenvalue weighted by Gasteiger charge is -2.31. The predicted octanol–water partition coefficient (Wildman–Crippen LogP) is 2.40. The Kier molecular flexibility index (Phi) is 5.56. The fourth-order valence-corrected chi connectivity index (χ4v) is 2.63. The molecule has 0 radical (unpaired) electrons. The van der Waals surface area contributed by atoms with Gasteiger partial charge in [0.1, 0.15) is 0 Å². The molecular formula is C13H20BrNO2. The van der Waals surface area contributed by atoms with Gasteiger partial charge in [-0.05, 0) is 46.3 Å². The first-order valence-corrected chi connectivity index (χ1v) is 6.62. The molecule has 0 bridgehead atoms. The minimum absolute atomic E-state index is 0.00576. The number of aromatic nitrogens is 1. The molecule has 0 aliphatic rings. The summed E-state index contributed by atoms with van der Waals surface area (Å²) in [6.45, 7) is 4.18. The maximum atomic E-state index is 9.56. The minimum atomic E-state index is -0.448. The van der Waals surface area contributed by atoms with E-state index in [0.29, 0.717) is 12.3 Å². The Morgan fingerprint density at radius 2 is 1.94 bits per heavy atom. The Hall–Kier alpha value is -0.450. The van der Waals surface area contributed by atoms with Crippen LogP contribution in [0.5, 0.6) is 0 Å². The summed E-state index contributed by atoms with van der Waals surface area (Å²) in [6.07, 6.45) is 4.95. The number of aliphatic hydroxyl groups excluding tert-OH is 2. The molecule has 0 spiro atoms. The highest BCUT2D eigenvalue weighted by Crippen LogP contribution is 2.30. The first-order chi connectivity index (χ1) is 8.01. The highest BCUT2D eigenvalue weighted by atomic mass is 79.9. The highest BCUT2D eigenvalue weighted by Gasteiger charge is 2.30. The van der Waals surface area contributed by atoms with E-state index >= 15 is 0 Å². The van der Waals surface area contributed by atoms with E-state index in [4.69, 9.17) is 0 Å². The molecule has 2 N–H and O–H groups in total. The lowest BCUT2D eigenvalue weighted by Crippen LogP contribution is -2.34.